The highest BCUT2D eigenvalue weighted by atomic mass is 16.5. The molecule has 1 aliphatic heterocycles. The fourth-order valence-corrected chi connectivity index (χ4v) is 4.12. The molecule has 0 saturated heterocycles. The largest absolute Gasteiger partial charge is 0.496 e. The summed E-state index contributed by atoms with van der Waals surface area (Å²) in [5.74, 6) is 0.175. The van der Waals surface area contributed by atoms with Gasteiger partial charge in [-0.3, -0.25) is 0 Å². The van der Waals surface area contributed by atoms with Crippen LogP contribution in [-0.4, -0.2) is 53.7 Å². The summed E-state index contributed by atoms with van der Waals surface area (Å²) in [6.45, 7) is 0.461. The molecule has 0 fully saturated rings. The summed E-state index contributed by atoms with van der Waals surface area (Å²) >= 11 is 0. The first-order chi connectivity index (χ1) is 15.6. The van der Waals surface area contributed by atoms with Crippen LogP contribution in [0.15, 0.2) is 60.9 Å². The van der Waals surface area contributed by atoms with E-state index in [1.807, 2.05) is 54.6 Å². The second kappa shape index (κ2) is 9.55. The zero-order valence-corrected chi connectivity index (χ0v) is 18.1. The quantitative estimate of drug-likeness (QED) is 0.582. The van der Waals surface area contributed by atoms with Gasteiger partial charge in [0, 0.05) is 30.6 Å². The summed E-state index contributed by atoms with van der Waals surface area (Å²) in [6.07, 6.45) is 2.61. The summed E-state index contributed by atoms with van der Waals surface area (Å²) < 4.78 is 10.5. The average Bonchev–Trinajstić information content (AvgIpc) is 3.32. The van der Waals surface area contributed by atoms with Gasteiger partial charge in [0.05, 0.1) is 26.2 Å². The SMILES string of the molecule is COC(=O)[C@@H](Cc1ccccc1)NC(=O)N1CCc2[nH]cnc2[C@@H]1c1ccccc1OC. The minimum Gasteiger partial charge on any atom is -0.496 e. The highest BCUT2D eigenvalue weighted by Crippen LogP contribution is 2.37. The molecule has 1 aromatic heterocycles. The zero-order valence-electron chi connectivity index (χ0n) is 18.1. The van der Waals surface area contributed by atoms with E-state index in [4.69, 9.17) is 9.47 Å². The lowest BCUT2D eigenvalue weighted by Gasteiger charge is -2.36. The third-order valence-electron chi connectivity index (χ3n) is 5.69. The second-order valence-electron chi connectivity index (χ2n) is 7.57. The fourth-order valence-electron chi connectivity index (χ4n) is 4.12. The van der Waals surface area contributed by atoms with E-state index >= 15 is 0 Å². The van der Waals surface area contributed by atoms with Gasteiger partial charge in [-0.25, -0.2) is 14.6 Å². The molecule has 1 aliphatic rings. The van der Waals surface area contributed by atoms with Gasteiger partial charge in [0.2, 0.25) is 0 Å². The fraction of sp³-hybridized carbons (Fsp3) is 0.292. The number of urea groups is 1. The summed E-state index contributed by atoms with van der Waals surface area (Å²) in [4.78, 5) is 35.3. The first-order valence-corrected chi connectivity index (χ1v) is 10.5. The van der Waals surface area contributed by atoms with E-state index in [9.17, 15) is 9.59 Å². The van der Waals surface area contributed by atoms with Crippen LogP contribution in [0, 0.1) is 0 Å². The number of nitrogens with one attached hydrogen (secondary N) is 2. The molecule has 0 aliphatic carbocycles. The summed E-state index contributed by atoms with van der Waals surface area (Å²) in [7, 11) is 2.92. The first-order valence-electron chi connectivity index (χ1n) is 10.5. The van der Waals surface area contributed by atoms with Crippen molar-refractivity contribution in [2.75, 3.05) is 20.8 Å². The molecule has 166 valence electrons. The van der Waals surface area contributed by atoms with E-state index in [1.165, 1.54) is 7.11 Å². The first kappa shape index (κ1) is 21.4. The highest BCUT2D eigenvalue weighted by molar-refractivity contribution is 5.84. The Morgan fingerprint density at radius 2 is 1.91 bits per heavy atom. The van der Waals surface area contributed by atoms with Gasteiger partial charge < -0.3 is 24.7 Å². The smallest absolute Gasteiger partial charge is 0.328 e. The Kier molecular flexibility index (Phi) is 6.39. The van der Waals surface area contributed by atoms with Crippen molar-refractivity contribution in [3.8, 4) is 5.75 Å². The van der Waals surface area contributed by atoms with Crippen molar-refractivity contribution in [3.05, 3.63) is 83.4 Å². The number of hydrogen-bond acceptors (Lipinski definition) is 5. The lowest BCUT2D eigenvalue weighted by atomic mass is 9.95. The lowest BCUT2D eigenvalue weighted by Crippen LogP contribution is -2.52. The maximum Gasteiger partial charge on any atom is 0.328 e. The molecule has 0 bridgehead atoms. The zero-order chi connectivity index (χ0) is 22.5. The normalized spacial score (nSPS) is 16.1. The van der Waals surface area contributed by atoms with Crippen LogP contribution in [0.2, 0.25) is 0 Å². The van der Waals surface area contributed by atoms with Crippen LogP contribution in [-0.2, 0) is 22.4 Å². The molecule has 0 saturated carbocycles. The van der Waals surface area contributed by atoms with Gasteiger partial charge >= 0.3 is 12.0 Å². The molecule has 2 N–H and O–H groups in total. The summed E-state index contributed by atoms with van der Waals surface area (Å²) in [5, 5.41) is 2.88. The Labute approximate surface area is 186 Å². The number of methoxy groups -OCH3 is 2. The molecule has 0 spiro atoms. The van der Waals surface area contributed by atoms with E-state index in [0.717, 1.165) is 22.5 Å². The van der Waals surface area contributed by atoms with Gasteiger partial charge in [0.15, 0.2) is 0 Å². The van der Waals surface area contributed by atoms with Crippen LogP contribution in [0.25, 0.3) is 0 Å². The third kappa shape index (κ3) is 4.30. The number of hydrogen-bond donors (Lipinski definition) is 2. The number of imidazole rings is 1. The number of amides is 2. The minimum absolute atomic E-state index is 0.333. The molecule has 2 amide bonds. The number of esters is 1. The number of carbonyl (C=O) groups is 2. The van der Waals surface area contributed by atoms with Crippen molar-refractivity contribution < 1.29 is 19.1 Å². The Morgan fingerprint density at radius 3 is 2.66 bits per heavy atom. The molecule has 0 radical (unpaired) electrons. The number of aromatic nitrogens is 2. The second-order valence-corrected chi connectivity index (χ2v) is 7.57. The molecule has 32 heavy (non-hydrogen) atoms. The van der Waals surface area contributed by atoms with Crippen molar-refractivity contribution >= 4 is 12.0 Å². The lowest BCUT2D eigenvalue weighted by molar-refractivity contribution is -0.142. The van der Waals surface area contributed by atoms with Crippen molar-refractivity contribution in [3.63, 3.8) is 0 Å². The molecule has 2 atom stereocenters. The Bertz CT molecular complexity index is 1080. The van der Waals surface area contributed by atoms with Crippen LogP contribution in [0.5, 0.6) is 5.75 Å². The van der Waals surface area contributed by atoms with Crippen molar-refractivity contribution in [2.24, 2.45) is 0 Å². The van der Waals surface area contributed by atoms with Gasteiger partial charge in [-0.2, -0.15) is 0 Å². The molecule has 4 rings (SSSR count). The number of aromatic amines is 1. The van der Waals surface area contributed by atoms with Crippen LogP contribution in [0.3, 0.4) is 0 Å². The number of fused-ring (bicyclic) bond motifs is 1. The molecule has 2 heterocycles. The van der Waals surface area contributed by atoms with Gasteiger partial charge in [-0.1, -0.05) is 48.5 Å². The Hall–Kier alpha value is -3.81. The van der Waals surface area contributed by atoms with Gasteiger partial charge in [0.25, 0.3) is 0 Å². The van der Waals surface area contributed by atoms with Crippen LogP contribution in [0.1, 0.15) is 28.6 Å². The molecule has 3 aromatic rings. The van der Waals surface area contributed by atoms with Crippen LogP contribution in [0.4, 0.5) is 4.79 Å². The van der Waals surface area contributed by atoms with Gasteiger partial charge in [0.1, 0.15) is 17.8 Å². The van der Waals surface area contributed by atoms with E-state index in [2.05, 4.69) is 15.3 Å². The van der Waals surface area contributed by atoms with E-state index in [0.29, 0.717) is 25.1 Å². The predicted molar refractivity (Wildman–Crippen MR) is 118 cm³/mol. The minimum atomic E-state index is -0.811. The van der Waals surface area contributed by atoms with Crippen molar-refractivity contribution in [2.45, 2.75) is 24.9 Å². The van der Waals surface area contributed by atoms with E-state index in [-0.39, 0.29) is 6.03 Å². The monoisotopic (exact) mass is 434 g/mol. The third-order valence-corrected chi connectivity index (χ3v) is 5.69. The number of ether oxygens (including phenoxy) is 2. The van der Waals surface area contributed by atoms with Crippen LogP contribution >= 0.6 is 0 Å². The predicted octanol–water partition coefficient (Wildman–Crippen LogP) is 2.86. The summed E-state index contributed by atoms with van der Waals surface area (Å²) in [5.41, 5.74) is 3.51. The number of benzene rings is 2. The number of para-hydroxylation sites is 1. The molecular formula is C24H26N4O4. The van der Waals surface area contributed by atoms with Crippen LogP contribution < -0.4 is 10.1 Å². The number of nitrogens with zero attached hydrogens (tertiary/aromatic N) is 2. The number of rotatable bonds is 6. The number of carbonyl (C=O) groups excluding carboxylic acids is 2. The van der Waals surface area contributed by atoms with Gasteiger partial charge in [-0.15, -0.1) is 0 Å². The van der Waals surface area contributed by atoms with Crippen molar-refractivity contribution in [1.29, 1.82) is 0 Å². The molecular weight excluding hydrogens is 408 g/mol. The maximum atomic E-state index is 13.5. The molecule has 8 nitrogen and oxygen atoms in total. The Morgan fingerprint density at radius 1 is 1.16 bits per heavy atom. The standard InChI is InChI=1S/C24H26N4O4/c1-31-20-11-7-6-10-17(20)22-21-18(25-15-26-21)12-13-28(22)24(30)27-19(23(29)32-2)14-16-8-4-3-5-9-16/h3-11,15,19,22H,12-14H2,1-2H3,(H,25,26)(H,27,30)/t19-,22+/m1/s1. The van der Waals surface area contributed by atoms with E-state index in [1.54, 1.807) is 18.3 Å². The number of H-pyrrole nitrogens is 1. The molecule has 8 heteroatoms. The van der Waals surface area contributed by atoms with Gasteiger partial charge in [-0.05, 0) is 11.6 Å². The molecule has 2 aromatic carbocycles. The van der Waals surface area contributed by atoms with E-state index < -0.39 is 18.1 Å². The molecule has 0 unspecified atom stereocenters. The maximum absolute atomic E-state index is 13.5. The average molecular weight is 434 g/mol. The summed E-state index contributed by atoms with van der Waals surface area (Å²) in [6, 6.07) is 15.5. The topological polar surface area (TPSA) is 96.6 Å². The Balaban J connectivity index is 1.64. The highest BCUT2D eigenvalue weighted by Gasteiger charge is 2.37. The van der Waals surface area contributed by atoms with Crippen molar-refractivity contribution in [1.82, 2.24) is 20.2 Å².